The molecular formula is C23H24N6O2. The molecule has 1 aliphatic heterocycles. The summed E-state index contributed by atoms with van der Waals surface area (Å²) in [6.07, 6.45) is 8.85. The average molecular weight is 416 g/mol. The highest BCUT2D eigenvalue weighted by Gasteiger charge is 2.22. The highest BCUT2D eigenvalue weighted by molar-refractivity contribution is 5.99. The van der Waals surface area contributed by atoms with Gasteiger partial charge in [0.1, 0.15) is 5.69 Å². The van der Waals surface area contributed by atoms with Gasteiger partial charge < -0.3 is 10.1 Å². The quantitative estimate of drug-likeness (QED) is 0.540. The predicted octanol–water partition coefficient (Wildman–Crippen LogP) is 3.05. The zero-order valence-corrected chi connectivity index (χ0v) is 17.4. The van der Waals surface area contributed by atoms with Crippen LogP contribution in [0.2, 0.25) is 0 Å². The number of nitrogens with one attached hydrogen (secondary N) is 1. The zero-order chi connectivity index (χ0) is 21.2. The van der Waals surface area contributed by atoms with Crippen LogP contribution >= 0.6 is 0 Å². The first-order valence-corrected chi connectivity index (χ1v) is 10.5. The topological polar surface area (TPSA) is 86.3 Å². The monoisotopic (exact) mass is 416 g/mol. The summed E-state index contributed by atoms with van der Waals surface area (Å²) >= 11 is 0. The number of fused-ring (bicyclic) bond motifs is 1. The van der Waals surface area contributed by atoms with Crippen LogP contribution in [0.1, 0.15) is 28.9 Å². The predicted molar refractivity (Wildman–Crippen MR) is 116 cm³/mol. The molecule has 0 atom stereocenters. The molecule has 0 bridgehead atoms. The minimum Gasteiger partial charge on any atom is -0.381 e. The van der Waals surface area contributed by atoms with Crippen LogP contribution in [-0.4, -0.2) is 49.8 Å². The van der Waals surface area contributed by atoms with Crippen molar-refractivity contribution in [2.75, 3.05) is 19.8 Å². The Kier molecular flexibility index (Phi) is 5.21. The summed E-state index contributed by atoms with van der Waals surface area (Å²) in [4.78, 5) is 21.9. The van der Waals surface area contributed by atoms with Gasteiger partial charge in [-0.05, 0) is 43.9 Å². The lowest BCUT2D eigenvalue weighted by Crippen LogP contribution is -2.32. The molecule has 3 aromatic heterocycles. The lowest BCUT2D eigenvalue weighted by Gasteiger charge is -2.21. The number of aryl methyl sites for hydroxylation is 1. The van der Waals surface area contributed by atoms with Gasteiger partial charge in [-0.1, -0.05) is 17.7 Å². The van der Waals surface area contributed by atoms with Crippen molar-refractivity contribution in [2.24, 2.45) is 5.92 Å². The van der Waals surface area contributed by atoms with Gasteiger partial charge in [0.15, 0.2) is 11.5 Å². The van der Waals surface area contributed by atoms with Crippen LogP contribution < -0.4 is 5.32 Å². The fourth-order valence-electron chi connectivity index (χ4n) is 3.92. The van der Waals surface area contributed by atoms with Crippen LogP contribution in [-0.2, 0) is 4.74 Å². The number of nitrogens with zero attached hydrogens (tertiary/aromatic N) is 5. The zero-order valence-electron chi connectivity index (χ0n) is 17.4. The van der Waals surface area contributed by atoms with Crippen molar-refractivity contribution in [1.82, 2.24) is 29.5 Å². The minimum absolute atomic E-state index is 0.190. The van der Waals surface area contributed by atoms with Crippen molar-refractivity contribution >= 4 is 11.4 Å². The molecule has 0 unspecified atom stereocenters. The van der Waals surface area contributed by atoms with E-state index in [1.54, 1.807) is 18.6 Å². The molecule has 0 radical (unpaired) electrons. The molecule has 8 heteroatoms. The largest absolute Gasteiger partial charge is 0.381 e. The summed E-state index contributed by atoms with van der Waals surface area (Å²) in [6.45, 7) is 4.18. The molecular weight excluding hydrogens is 392 g/mol. The van der Waals surface area contributed by atoms with E-state index >= 15 is 0 Å². The first kappa shape index (κ1) is 19.4. The summed E-state index contributed by atoms with van der Waals surface area (Å²) in [5.41, 5.74) is 3.94. The highest BCUT2D eigenvalue weighted by Crippen LogP contribution is 2.25. The van der Waals surface area contributed by atoms with Crippen LogP contribution in [0.3, 0.4) is 0 Å². The van der Waals surface area contributed by atoms with Gasteiger partial charge >= 0.3 is 0 Å². The van der Waals surface area contributed by atoms with Crippen molar-refractivity contribution in [1.29, 1.82) is 0 Å². The third-order valence-electron chi connectivity index (χ3n) is 5.70. The highest BCUT2D eigenvalue weighted by atomic mass is 16.5. The van der Waals surface area contributed by atoms with E-state index < -0.39 is 0 Å². The van der Waals surface area contributed by atoms with Crippen LogP contribution in [0.15, 0.2) is 55.1 Å². The Morgan fingerprint density at radius 2 is 1.97 bits per heavy atom. The van der Waals surface area contributed by atoms with Crippen LogP contribution in [0.5, 0.6) is 0 Å². The number of benzene rings is 1. The molecule has 4 heterocycles. The van der Waals surface area contributed by atoms with Crippen molar-refractivity contribution < 1.29 is 9.53 Å². The number of imidazole rings is 1. The average Bonchev–Trinajstić information content (AvgIpc) is 3.44. The van der Waals surface area contributed by atoms with E-state index in [1.165, 1.54) is 5.56 Å². The van der Waals surface area contributed by atoms with Gasteiger partial charge in [0.2, 0.25) is 0 Å². The maximum atomic E-state index is 13.0. The van der Waals surface area contributed by atoms with E-state index in [0.29, 0.717) is 29.5 Å². The minimum atomic E-state index is -0.190. The second kappa shape index (κ2) is 8.31. The summed E-state index contributed by atoms with van der Waals surface area (Å²) in [7, 11) is 0. The second-order valence-corrected chi connectivity index (χ2v) is 7.85. The number of aromatic nitrogens is 5. The van der Waals surface area contributed by atoms with Gasteiger partial charge in [-0.25, -0.2) is 9.67 Å². The molecule has 1 N–H and O–H groups in total. The summed E-state index contributed by atoms with van der Waals surface area (Å²) in [6, 6.07) is 10.0. The van der Waals surface area contributed by atoms with E-state index in [1.807, 2.05) is 52.5 Å². The Morgan fingerprint density at radius 1 is 1.16 bits per heavy atom. The van der Waals surface area contributed by atoms with Crippen LogP contribution in [0, 0.1) is 12.8 Å². The smallest absolute Gasteiger partial charge is 0.272 e. The van der Waals surface area contributed by atoms with E-state index in [9.17, 15) is 4.79 Å². The lowest BCUT2D eigenvalue weighted by molar-refractivity contribution is 0.0642. The number of ether oxygens (including phenoxy) is 1. The number of carbonyl (C=O) groups excluding carboxylic acids is 1. The fraction of sp³-hybridized carbons (Fsp3) is 0.304. The Labute approximate surface area is 179 Å². The lowest BCUT2D eigenvalue weighted by atomic mass is 10.0. The molecule has 1 amide bonds. The van der Waals surface area contributed by atoms with Gasteiger partial charge in [-0.2, -0.15) is 5.10 Å². The SMILES string of the molecule is Cc1ccc(-n2nccc2-c2nc(C(=O)NCC3CCOCC3)c3cnccn23)cc1. The second-order valence-electron chi connectivity index (χ2n) is 7.85. The molecule has 31 heavy (non-hydrogen) atoms. The molecule has 1 saturated heterocycles. The number of carbonyl (C=O) groups is 1. The molecule has 158 valence electrons. The van der Waals surface area contributed by atoms with E-state index in [0.717, 1.165) is 37.4 Å². The van der Waals surface area contributed by atoms with Gasteiger partial charge in [-0.3, -0.25) is 14.2 Å². The van der Waals surface area contributed by atoms with Crippen LogP contribution in [0.4, 0.5) is 0 Å². The Bertz CT molecular complexity index is 1200. The van der Waals surface area contributed by atoms with Crippen molar-refractivity contribution in [3.8, 4) is 17.2 Å². The molecule has 0 aliphatic carbocycles. The third kappa shape index (κ3) is 3.82. The fourth-order valence-corrected chi connectivity index (χ4v) is 3.92. The number of amides is 1. The van der Waals surface area contributed by atoms with Gasteiger partial charge in [0, 0.05) is 32.2 Å². The van der Waals surface area contributed by atoms with Crippen LogP contribution in [0.25, 0.3) is 22.7 Å². The maximum absolute atomic E-state index is 13.0. The van der Waals surface area contributed by atoms with Gasteiger partial charge in [-0.15, -0.1) is 0 Å². The number of hydrogen-bond donors (Lipinski definition) is 1. The molecule has 0 spiro atoms. The summed E-state index contributed by atoms with van der Waals surface area (Å²) in [5.74, 6) is 0.892. The first-order valence-electron chi connectivity index (χ1n) is 10.5. The Balaban J connectivity index is 1.49. The molecule has 4 aromatic rings. The molecule has 1 fully saturated rings. The molecule has 0 saturated carbocycles. The number of rotatable bonds is 5. The first-order chi connectivity index (χ1) is 15.2. The molecule has 5 rings (SSSR count). The van der Waals surface area contributed by atoms with E-state index in [4.69, 9.17) is 9.72 Å². The summed E-state index contributed by atoms with van der Waals surface area (Å²) in [5, 5.41) is 7.54. The van der Waals surface area contributed by atoms with Crippen molar-refractivity contribution in [2.45, 2.75) is 19.8 Å². The molecule has 8 nitrogen and oxygen atoms in total. The van der Waals surface area contributed by atoms with Crippen molar-refractivity contribution in [3.05, 3.63) is 66.4 Å². The van der Waals surface area contributed by atoms with E-state index in [2.05, 4.69) is 15.4 Å². The van der Waals surface area contributed by atoms with Gasteiger partial charge in [0.05, 0.1) is 23.6 Å². The van der Waals surface area contributed by atoms with E-state index in [-0.39, 0.29) is 5.91 Å². The summed E-state index contributed by atoms with van der Waals surface area (Å²) < 4.78 is 9.12. The normalized spacial score (nSPS) is 14.7. The third-order valence-corrected chi connectivity index (χ3v) is 5.70. The molecule has 1 aromatic carbocycles. The Morgan fingerprint density at radius 3 is 2.77 bits per heavy atom. The Hall–Kier alpha value is -3.52. The standard InChI is InChI=1S/C23H24N6O2/c1-16-2-4-18(5-3-16)29-19(6-9-26-29)22-27-21(20-15-24-10-11-28(20)22)23(30)25-14-17-7-12-31-13-8-17/h2-6,9-11,15,17H,7-8,12-14H2,1H3,(H,25,30). The molecule has 1 aliphatic rings. The number of hydrogen-bond acceptors (Lipinski definition) is 5. The van der Waals surface area contributed by atoms with Gasteiger partial charge in [0.25, 0.3) is 5.91 Å². The maximum Gasteiger partial charge on any atom is 0.272 e. The van der Waals surface area contributed by atoms with Crippen molar-refractivity contribution in [3.63, 3.8) is 0 Å².